The van der Waals surface area contributed by atoms with E-state index in [0.717, 1.165) is 48.6 Å². The molecule has 0 heterocycles. The lowest BCUT2D eigenvalue weighted by Gasteiger charge is -2.22. The molecule has 0 saturated heterocycles. The van der Waals surface area contributed by atoms with Gasteiger partial charge in [-0.3, -0.25) is 0 Å². The van der Waals surface area contributed by atoms with Gasteiger partial charge in [0.15, 0.2) is 23.7 Å². The van der Waals surface area contributed by atoms with Crippen molar-refractivity contribution in [3.63, 3.8) is 0 Å². The summed E-state index contributed by atoms with van der Waals surface area (Å²) in [5, 5.41) is 1.49. The van der Waals surface area contributed by atoms with Crippen molar-refractivity contribution in [3.05, 3.63) is 86.0 Å². The van der Waals surface area contributed by atoms with Crippen LogP contribution in [0.5, 0.6) is 23.0 Å². The number of ether oxygens (including phenoxy) is 7. The minimum absolute atomic E-state index is 0.0181. The van der Waals surface area contributed by atoms with E-state index in [4.69, 9.17) is 33.2 Å². The Kier molecular flexibility index (Phi) is 37.9. The lowest BCUT2D eigenvalue weighted by Crippen LogP contribution is -2.30. The summed E-state index contributed by atoms with van der Waals surface area (Å²) in [5.74, 6) is 0.897. The molecule has 0 aliphatic heterocycles. The van der Waals surface area contributed by atoms with Gasteiger partial charge in [-0.2, -0.15) is 0 Å². The van der Waals surface area contributed by atoms with Crippen LogP contribution < -0.4 is 14.2 Å². The van der Waals surface area contributed by atoms with E-state index >= 15 is 0 Å². The zero-order chi connectivity index (χ0) is 52.1. The minimum atomic E-state index is -0.690. The summed E-state index contributed by atoms with van der Waals surface area (Å²) in [4.78, 5) is 24.9. The molecule has 3 rings (SSSR count). The highest BCUT2D eigenvalue weighted by molar-refractivity contribution is 5.95. The molecule has 0 aliphatic carbocycles. The summed E-state index contributed by atoms with van der Waals surface area (Å²) in [6, 6.07) is 18.9. The van der Waals surface area contributed by atoms with Crippen molar-refractivity contribution in [1.82, 2.24) is 0 Å². The van der Waals surface area contributed by atoms with Gasteiger partial charge in [0.05, 0.1) is 13.2 Å². The zero-order valence-corrected chi connectivity index (χ0v) is 46.0. The Morgan fingerprint density at radius 2 is 0.781 bits per heavy atom. The summed E-state index contributed by atoms with van der Waals surface area (Å²) in [7, 11) is 0. The van der Waals surface area contributed by atoms with Crippen LogP contribution in [0.15, 0.2) is 86.0 Å². The first-order valence-electron chi connectivity index (χ1n) is 29.3. The molecule has 3 aromatic carbocycles. The predicted octanol–water partition coefficient (Wildman–Crippen LogP) is 18.1. The van der Waals surface area contributed by atoms with E-state index in [1.165, 1.54) is 180 Å². The molecule has 0 radical (unpaired) electrons. The molecule has 0 saturated carbocycles. The summed E-state index contributed by atoms with van der Waals surface area (Å²) >= 11 is 0. The van der Waals surface area contributed by atoms with Crippen LogP contribution in [0.2, 0.25) is 0 Å². The normalized spacial score (nSPS) is 12.1. The second-order valence-electron chi connectivity index (χ2n) is 20.1. The van der Waals surface area contributed by atoms with Crippen LogP contribution in [0.3, 0.4) is 0 Å². The van der Waals surface area contributed by atoms with E-state index in [-0.39, 0.29) is 26.4 Å². The Bertz CT molecular complexity index is 1830. The molecule has 0 spiro atoms. The van der Waals surface area contributed by atoms with Crippen LogP contribution >= 0.6 is 0 Å². The molecule has 0 bridgehead atoms. The second kappa shape index (κ2) is 44.0. The number of fused-ring (bicyclic) bond motifs is 1. The quantitative estimate of drug-likeness (QED) is 0.0311. The van der Waals surface area contributed by atoms with Crippen LogP contribution in [0.4, 0.5) is 0 Å². The number of esters is 2. The molecular formula is C64H100O9. The molecular weight excluding hydrogens is 913 g/mol. The van der Waals surface area contributed by atoms with E-state index in [1.807, 2.05) is 54.6 Å². The topological polar surface area (TPSA) is 98.8 Å². The fourth-order valence-electron chi connectivity index (χ4n) is 9.20. The van der Waals surface area contributed by atoms with Gasteiger partial charge in [-0.05, 0) is 25.0 Å². The number of hydrogen-bond acceptors (Lipinski definition) is 9. The number of benzene rings is 3. The molecule has 410 valence electrons. The van der Waals surface area contributed by atoms with E-state index in [2.05, 4.69) is 27.0 Å². The predicted molar refractivity (Wildman–Crippen MR) is 302 cm³/mol. The lowest BCUT2D eigenvalue weighted by molar-refractivity contribution is -0.148. The molecule has 0 amide bonds. The number of carbonyl (C=O) groups excluding carboxylic acids is 2. The Balaban J connectivity index is 1.49. The minimum Gasteiger partial charge on any atom is -0.489 e. The Labute approximate surface area is 443 Å². The van der Waals surface area contributed by atoms with Crippen molar-refractivity contribution < 1.29 is 42.7 Å². The van der Waals surface area contributed by atoms with Crippen molar-refractivity contribution in [1.29, 1.82) is 0 Å². The van der Waals surface area contributed by atoms with Gasteiger partial charge in [-0.1, -0.05) is 262 Å². The van der Waals surface area contributed by atoms with Gasteiger partial charge in [0.25, 0.3) is 0 Å². The number of carbonyl (C=O) groups is 2. The van der Waals surface area contributed by atoms with E-state index in [1.54, 1.807) is 6.07 Å². The molecule has 2 unspecified atom stereocenters. The summed E-state index contributed by atoms with van der Waals surface area (Å²) in [5.41, 5.74) is 0. The number of hydrogen-bond donors (Lipinski definition) is 0. The van der Waals surface area contributed by atoms with E-state index in [9.17, 15) is 9.59 Å². The molecule has 0 fully saturated rings. The molecule has 9 nitrogen and oxygen atoms in total. The maximum atomic E-state index is 12.5. The third kappa shape index (κ3) is 31.2. The fourth-order valence-corrected chi connectivity index (χ4v) is 9.20. The van der Waals surface area contributed by atoms with Gasteiger partial charge >= 0.3 is 11.9 Å². The fraction of sp³-hybridized carbons (Fsp3) is 0.656. The van der Waals surface area contributed by atoms with Crippen molar-refractivity contribution in [2.45, 2.75) is 232 Å². The number of rotatable bonds is 50. The second-order valence-corrected chi connectivity index (χ2v) is 20.1. The number of para-hydroxylation sites is 1. The van der Waals surface area contributed by atoms with Gasteiger partial charge in [0, 0.05) is 42.2 Å². The van der Waals surface area contributed by atoms with Gasteiger partial charge in [0.1, 0.15) is 24.7 Å². The summed E-state index contributed by atoms with van der Waals surface area (Å²) < 4.78 is 43.0. The first-order valence-corrected chi connectivity index (χ1v) is 29.3. The Morgan fingerprint density at radius 1 is 0.425 bits per heavy atom. The van der Waals surface area contributed by atoms with Gasteiger partial charge in [0.2, 0.25) is 0 Å². The average molecular weight is 1010 g/mol. The average Bonchev–Trinajstić information content (AvgIpc) is 3.41. The first-order chi connectivity index (χ1) is 36.0. The van der Waals surface area contributed by atoms with Crippen molar-refractivity contribution >= 4 is 22.7 Å². The molecule has 9 heteroatoms. The monoisotopic (exact) mass is 1010 g/mol. The molecule has 0 aliphatic rings. The largest absolute Gasteiger partial charge is 0.489 e. The van der Waals surface area contributed by atoms with E-state index < -0.39 is 24.1 Å². The summed E-state index contributed by atoms with van der Waals surface area (Å²) in [6.07, 6.45) is 42.9. The highest BCUT2D eigenvalue weighted by atomic mass is 16.6. The van der Waals surface area contributed by atoms with Crippen LogP contribution in [-0.2, 0) is 28.5 Å². The maximum absolute atomic E-state index is 12.5. The van der Waals surface area contributed by atoms with Crippen LogP contribution in [-0.4, -0.2) is 63.8 Å². The summed E-state index contributed by atoms with van der Waals surface area (Å²) in [6.45, 7) is 13.3. The third-order valence-corrected chi connectivity index (χ3v) is 13.5. The first kappa shape index (κ1) is 63.0. The Morgan fingerprint density at radius 3 is 1.18 bits per heavy atom. The standard InChI is InChI=1S/C64H100O9/c1-5-9-11-13-15-17-19-21-23-25-27-29-31-33-35-42-48-67-51-56(72-62(65)7-3)53-69-60-50-61(71-55-44-38-37-39-45-55)64(59-47-41-40-46-58(59)60)70-54-57(73-63(66)8-4)52-68-49-43-36-34-32-30-28-26-24-22-20-18-16-14-12-10-6-2/h7-8,37-41,44-47,50,56-57H,3-6,9-36,42-43,48-49,51-54H2,1-2H3. The molecule has 0 aromatic heterocycles. The van der Waals surface area contributed by atoms with Gasteiger partial charge in [-0.25, -0.2) is 9.59 Å². The molecule has 2 atom stereocenters. The van der Waals surface area contributed by atoms with Crippen LogP contribution in [0, 0.1) is 0 Å². The van der Waals surface area contributed by atoms with Crippen LogP contribution in [0.1, 0.15) is 219 Å². The maximum Gasteiger partial charge on any atom is 0.330 e. The molecule has 0 N–H and O–H groups in total. The molecule has 73 heavy (non-hydrogen) atoms. The number of unbranched alkanes of at least 4 members (excludes halogenated alkanes) is 30. The molecule has 3 aromatic rings. The van der Waals surface area contributed by atoms with Crippen LogP contribution in [0.25, 0.3) is 10.8 Å². The highest BCUT2D eigenvalue weighted by Crippen LogP contribution is 2.44. The van der Waals surface area contributed by atoms with Gasteiger partial charge in [-0.15, -0.1) is 0 Å². The van der Waals surface area contributed by atoms with Crippen molar-refractivity contribution in [2.75, 3.05) is 39.6 Å². The third-order valence-electron chi connectivity index (χ3n) is 13.5. The SMILES string of the molecule is C=CC(=O)OC(COCCCCCCCCCCCCCCCCCC)COc1cc(Oc2ccccc2)c(OCC(COCCCCCCCCCCCCCCCCCC)OC(=O)C=C)c2ccccc12. The van der Waals surface area contributed by atoms with Gasteiger partial charge < -0.3 is 33.2 Å². The zero-order valence-electron chi connectivity index (χ0n) is 46.0. The van der Waals surface area contributed by atoms with Crippen molar-refractivity contribution in [3.8, 4) is 23.0 Å². The van der Waals surface area contributed by atoms with Crippen molar-refractivity contribution in [2.24, 2.45) is 0 Å². The smallest absolute Gasteiger partial charge is 0.330 e. The van der Waals surface area contributed by atoms with E-state index in [0.29, 0.717) is 36.2 Å². The highest BCUT2D eigenvalue weighted by Gasteiger charge is 2.22. The lowest BCUT2D eigenvalue weighted by atomic mass is 10.0. The Hall–Kier alpha value is -4.34.